The van der Waals surface area contributed by atoms with Crippen LogP contribution in [0.5, 0.6) is 17.2 Å². The summed E-state index contributed by atoms with van der Waals surface area (Å²) in [7, 11) is -1.48. The normalized spacial score (nSPS) is 13.0. The van der Waals surface area contributed by atoms with Gasteiger partial charge in [-0.15, -0.1) is 0 Å². The number of hydrogen-bond acceptors (Lipinski definition) is 6. The van der Waals surface area contributed by atoms with E-state index < -0.39 is 15.5 Å². The van der Waals surface area contributed by atoms with E-state index in [0.717, 1.165) is 0 Å². The topological polar surface area (TPSA) is 96.1 Å². The summed E-state index contributed by atoms with van der Waals surface area (Å²) in [6, 6.07) is 10.7. The SMILES string of the molecule is COc1cc2ncc(C#N)c(Oc3ccc([S@@](C)(=N)=O)cc3)c2cc1F. The van der Waals surface area contributed by atoms with E-state index >= 15 is 0 Å². The Morgan fingerprint density at radius 1 is 1.27 bits per heavy atom. The molecule has 0 saturated heterocycles. The molecule has 0 amide bonds. The molecule has 0 aliphatic carbocycles. The van der Waals surface area contributed by atoms with Crippen molar-refractivity contribution in [1.29, 1.82) is 10.0 Å². The molecule has 0 fully saturated rings. The van der Waals surface area contributed by atoms with Crippen molar-refractivity contribution in [3.63, 3.8) is 0 Å². The highest BCUT2D eigenvalue weighted by Gasteiger charge is 2.15. The Morgan fingerprint density at radius 2 is 1.96 bits per heavy atom. The summed E-state index contributed by atoms with van der Waals surface area (Å²) in [6.07, 6.45) is 2.66. The summed E-state index contributed by atoms with van der Waals surface area (Å²) in [6.45, 7) is 0. The molecule has 0 bridgehead atoms. The van der Waals surface area contributed by atoms with Crippen molar-refractivity contribution in [2.24, 2.45) is 0 Å². The molecular formula is C18H14FN3O3S. The maximum absolute atomic E-state index is 14.1. The quantitative estimate of drug-likeness (QED) is 0.745. The van der Waals surface area contributed by atoms with Crippen LogP contribution in [0.1, 0.15) is 5.56 Å². The van der Waals surface area contributed by atoms with Crippen molar-refractivity contribution >= 4 is 20.6 Å². The van der Waals surface area contributed by atoms with Gasteiger partial charge in [0.1, 0.15) is 17.4 Å². The number of methoxy groups -OCH3 is 1. The molecule has 0 unspecified atom stereocenters. The molecule has 0 saturated carbocycles. The predicted molar refractivity (Wildman–Crippen MR) is 94.5 cm³/mol. The lowest BCUT2D eigenvalue weighted by atomic mass is 10.1. The second-order valence-electron chi connectivity index (χ2n) is 5.53. The van der Waals surface area contributed by atoms with Crippen LogP contribution >= 0.6 is 0 Å². The molecule has 1 atom stereocenters. The third kappa shape index (κ3) is 3.30. The summed E-state index contributed by atoms with van der Waals surface area (Å²) in [5, 5.41) is 9.65. The van der Waals surface area contributed by atoms with Crippen LogP contribution in [0.4, 0.5) is 4.39 Å². The number of nitrogens with zero attached hydrogens (tertiary/aromatic N) is 2. The molecule has 0 aliphatic rings. The average molecular weight is 371 g/mol. The van der Waals surface area contributed by atoms with Crippen LogP contribution in [0.25, 0.3) is 10.9 Å². The van der Waals surface area contributed by atoms with Gasteiger partial charge >= 0.3 is 0 Å². The van der Waals surface area contributed by atoms with Crippen molar-refractivity contribution < 1.29 is 18.1 Å². The molecule has 3 rings (SSSR count). The monoisotopic (exact) mass is 371 g/mol. The molecule has 0 aliphatic heterocycles. The van der Waals surface area contributed by atoms with Crippen LogP contribution in [-0.2, 0) is 9.73 Å². The van der Waals surface area contributed by atoms with Gasteiger partial charge in [0, 0.05) is 28.8 Å². The number of halogens is 1. The molecule has 6 nitrogen and oxygen atoms in total. The number of benzene rings is 2. The maximum Gasteiger partial charge on any atom is 0.165 e. The standard InChI is InChI=1S/C18H14FN3O3S/c1-24-17-8-16-14(7-15(17)19)18(11(9-20)10-22-16)25-12-3-5-13(6-4-12)26(2,21)23/h3-8,10,21H,1-2H3/t26-/m0/s1. The number of aromatic nitrogens is 1. The number of rotatable bonds is 4. The number of nitriles is 1. The number of fused-ring (bicyclic) bond motifs is 1. The van der Waals surface area contributed by atoms with Crippen LogP contribution < -0.4 is 9.47 Å². The van der Waals surface area contributed by atoms with Crippen molar-refractivity contribution in [2.45, 2.75) is 4.90 Å². The zero-order valence-corrected chi connectivity index (χ0v) is 14.8. The Labute approximate surface area is 149 Å². The molecular weight excluding hydrogens is 357 g/mol. The van der Waals surface area contributed by atoms with E-state index in [1.54, 1.807) is 12.1 Å². The van der Waals surface area contributed by atoms with Gasteiger partial charge in [0.2, 0.25) is 0 Å². The summed E-state index contributed by atoms with van der Waals surface area (Å²) >= 11 is 0. The minimum absolute atomic E-state index is 0.0400. The number of nitrogens with one attached hydrogen (secondary N) is 1. The van der Waals surface area contributed by atoms with Gasteiger partial charge in [0.25, 0.3) is 0 Å². The highest BCUT2D eigenvalue weighted by molar-refractivity contribution is 7.91. The first-order chi connectivity index (χ1) is 12.3. The lowest BCUT2D eigenvalue weighted by Gasteiger charge is -2.12. The zero-order valence-electron chi connectivity index (χ0n) is 13.9. The fourth-order valence-corrected chi connectivity index (χ4v) is 3.06. The molecule has 1 heterocycles. The van der Waals surface area contributed by atoms with E-state index in [0.29, 0.717) is 21.5 Å². The summed E-state index contributed by atoms with van der Waals surface area (Å²) in [4.78, 5) is 4.50. The molecule has 1 aromatic heterocycles. The van der Waals surface area contributed by atoms with Crippen LogP contribution in [0.2, 0.25) is 0 Å². The van der Waals surface area contributed by atoms with E-state index in [9.17, 15) is 13.9 Å². The lowest BCUT2D eigenvalue weighted by Crippen LogP contribution is -1.96. The first kappa shape index (κ1) is 17.6. The fraction of sp³-hybridized carbons (Fsp3) is 0.111. The predicted octanol–water partition coefficient (Wildman–Crippen LogP) is 4.08. The van der Waals surface area contributed by atoms with E-state index in [1.807, 2.05) is 6.07 Å². The largest absolute Gasteiger partial charge is 0.494 e. The minimum atomic E-state index is -2.83. The molecule has 3 aromatic rings. The number of hydrogen-bond donors (Lipinski definition) is 1. The van der Waals surface area contributed by atoms with Gasteiger partial charge in [0.15, 0.2) is 17.3 Å². The first-order valence-corrected chi connectivity index (χ1v) is 9.38. The van der Waals surface area contributed by atoms with E-state index in [2.05, 4.69) is 4.98 Å². The average Bonchev–Trinajstić information content (AvgIpc) is 2.61. The molecule has 1 N–H and O–H groups in total. The van der Waals surface area contributed by atoms with Gasteiger partial charge in [-0.3, -0.25) is 4.98 Å². The van der Waals surface area contributed by atoms with Gasteiger partial charge in [-0.25, -0.2) is 13.4 Å². The second-order valence-corrected chi connectivity index (χ2v) is 7.69. The summed E-state index contributed by atoms with van der Waals surface area (Å²) in [5.74, 6) is -0.0392. The van der Waals surface area contributed by atoms with E-state index in [1.165, 1.54) is 43.8 Å². The van der Waals surface area contributed by atoms with E-state index in [4.69, 9.17) is 14.3 Å². The third-order valence-electron chi connectivity index (χ3n) is 3.71. The molecule has 2 aromatic carbocycles. The third-order valence-corrected chi connectivity index (χ3v) is 4.88. The molecule has 132 valence electrons. The Bertz CT molecular complexity index is 1140. The highest BCUT2D eigenvalue weighted by atomic mass is 32.2. The van der Waals surface area contributed by atoms with Gasteiger partial charge in [-0.1, -0.05) is 0 Å². The van der Waals surface area contributed by atoms with Crippen LogP contribution in [0.15, 0.2) is 47.5 Å². The smallest absolute Gasteiger partial charge is 0.165 e. The lowest BCUT2D eigenvalue weighted by molar-refractivity contribution is 0.387. The van der Waals surface area contributed by atoms with Crippen LogP contribution in [0, 0.1) is 21.9 Å². The Morgan fingerprint density at radius 3 is 2.54 bits per heavy atom. The van der Waals surface area contributed by atoms with Gasteiger partial charge < -0.3 is 9.47 Å². The van der Waals surface area contributed by atoms with Crippen LogP contribution in [0.3, 0.4) is 0 Å². The van der Waals surface area contributed by atoms with E-state index in [-0.39, 0.29) is 17.1 Å². The molecule has 26 heavy (non-hydrogen) atoms. The first-order valence-electron chi connectivity index (χ1n) is 7.41. The number of ether oxygens (including phenoxy) is 2. The Balaban J connectivity index is 2.11. The van der Waals surface area contributed by atoms with Gasteiger partial charge in [-0.05, 0) is 30.3 Å². The van der Waals surface area contributed by atoms with Crippen molar-refractivity contribution in [3.05, 3.63) is 54.0 Å². The minimum Gasteiger partial charge on any atom is -0.494 e. The zero-order chi connectivity index (χ0) is 18.9. The maximum atomic E-state index is 14.1. The van der Waals surface area contributed by atoms with Crippen molar-refractivity contribution in [3.8, 4) is 23.3 Å². The second kappa shape index (κ2) is 6.61. The van der Waals surface area contributed by atoms with Gasteiger partial charge in [-0.2, -0.15) is 5.26 Å². The van der Waals surface area contributed by atoms with Crippen molar-refractivity contribution in [1.82, 2.24) is 4.98 Å². The van der Waals surface area contributed by atoms with Gasteiger partial charge in [0.05, 0.1) is 22.4 Å². The van der Waals surface area contributed by atoms with Crippen LogP contribution in [-0.4, -0.2) is 22.6 Å². The molecule has 0 radical (unpaired) electrons. The summed E-state index contributed by atoms with van der Waals surface area (Å²) < 4.78 is 44.2. The highest BCUT2D eigenvalue weighted by Crippen LogP contribution is 2.35. The Kier molecular flexibility index (Phi) is 4.49. The summed E-state index contributed by atoms with van der Waals surface area (Å²) in [5.41, 5.74) is 0.558. The Hall–Kier alpha value is -3.18. The number of pyridine rings is 1. The molecule has 8 heteroatoms. The fourth-order valence-electron chi connectivity index (χ4n) is 2.40. The molecule has 0 spiro atoms. The van der Waals surface area contributed by atoms with Crippen molar-refractivity contribution in [2.75, 3.05) is 13.4 Å².